The molecule has 1 atom stereocenters. The second kappa shape index (κ2) is 9.14. The van der Waals surface area contributed by atoms with Gasteiger partial charge in [-0.1, -0.05) is 26.0 Å². The molecule has 1 unspecified atom stereocenters. The van der Waals surface area contributed by atoms with Gasteiger partial charge in [0.2, 0.25) is 5.91 Å². The predicted octanol–water partition coefficient (Wildman–Crippen LogP) is 3.34. The molecule has 2 fully saturated rings. The molecule has 0 aliphatic carbocycles. The number of rotatable bonds is 6. The van der Waals surface area contributed by atoms with Gasteiger partial charge in [0.1, 0.15) is 0 Å². The van der Waals surface area contributed by atoms with E-state index in [1.165, 1.54) is 7.11 Å². The van der Waals surface area contributed by atoms with Crippen molar-refractivity contribution in [2.75, 3.05) is 26.7 Å². The van der Waals surface area contributed by atoms with E-state index >= 15 is 0 Å². The van der Waals surface area contributed by atoms with Crippen molar-refractivity contribution in [3.63, 3.8) is 0 Å². The Morgan fingerprint density at radius 2 is 1.84 bits per heavy atom. The molecule has 2 aliphatic rings. The topological polar surface area (TPSA) is 75.6 Å². The molecule has 1 aromatic carbocycles. The summed E-state index contributed by atoms with van der Waals surface area (Å²) in [6.45, 7) is 9.40. The third-order valence-electron chi connectivity index (χ3n) is 7.22. The van der Waals surface area contributed by atoms with Crippen molar-refractivity contribution >= 4 is 22.9 Å². The fraction of sp³-hybridized carbons (Fsp3) is 0.600. The van der Waals surface area contributed by atoms with E-state index < -0.39 is 5.54 Å². The molecular weight excluding hydrogens is 404 g/mol. The normalized spacial score (nSPS) is 21.1. The molecule has 172 valence electrons. The average molecular weight is 439 g/mol. The fourth-order valence-electron chi connectivity index (χ4n) is 5.29. The highest BCUT2D eigenvalue weighted by molar-refractivity contribution is 5.89. The monoisotopic (exact) mass is 438 g/mol. The first kappa shape index (κ1) is 22.6. The number of fused-ring (bicyclic) bond motifs is 1. The molecule has 2 saturated heterocycles. The van der Waals surface area contributed by atoms with Crippen LogP contribution in [0.1, 0.15) is 50.9 Å². The third-order valence-corrected chi connectivity index (χ3v) is 7.22. The molecule has 1 amide bonds. The number of aryl methyl sites for hydroxylation is 1. The molecule has 3 heterocycles. The molecular formula is C25H34N4O3. The Hall–Kier alpha value is -2.54. The van der Waals surface area contributed by atoms with Gasteiger partial charge in [-0.05, 0) is 44.2 Å². The van der Waals surface area contributed by atoms with E-state index in [1.807, 2.05) is 36.1 Å². The lowest BCUT2D eigenvalue weighted by atomic mass is 9.76. The quantitative estimate of drug-likeness (QED) is 0.644. The van der Waals surface area contributed by atoms with Crippen LogP contribution in [0, 0.1) is 18.8 Å². The fourth-order valence-corrected chi connectivity index (χ4v) is 5.29. The minimum Gasteiger partial charge on any atom is -0.469 e. The van der Waals surface area contributed by atoms with Crippen LogP contribution in [0.4, 0.5) is 0 Å². The number of hydrogen-bond donors (Lipinski definition) is 0. The van der Waals surface area contributed by atoms with Crippen LogP contribution in [0.25, 0.3) is 11.0 Å². The van der Waals surface area contributed by atoms with Gasteiger partial charge in [-0.15, -0.1) is 0 Å². The zero-order valence-electron chi connectivity index (χ0n) is 19.6. The van der Waals surface area contributed by atoms with Gasteiger partial charge >= 0.3 is 5.97 Å². The van der Waals surface area contributed by atoms with Crippen LogP contribution in [0.2, 0.25) is 0 Å². The maximum atomic E-state index is 12.9. The summed E-state index contributed by atoms with van der Waals surface area (Å²) in [5.41, 5.74) is 3.33. The van der Waals surface area contributed by atoms with E-state index in [-0.39, 0.29) is 24.2 Å². The molecule has 0 saturated carbocycles. The molecule has 7 heteroatoms. The van der Waals surface area contributed by atoms with Crippen molar-refractivity contribution in [3.05, 3.63) is 35.7 Å². The molecule has 1 spiro atoms. The lowest BCUT2D eigenvalue weighted by Gasteiger charge is -2.47. The van der Waals surface area contributed by atoms with Crippen molar-refractivity contribution in [1.82, 2.24) is 19.8 Å². The van der Waals surface area contributed by atoms with Crippen LogP contribution in [0.5, 0.6) is 0 Å². The van der Waals surface area contributed by atoms with E-state index in [0.717, 1.165) is 61.3 Å². The summed E-state index contributed by atoms with van der Waals surface area (Å²) in [6, 6.07) is 7.94. The summed E-state index contributed by atoms with van der Waals surface area (Å²) in [6.07, 6.45) is 2.75. The van der Waals surface area contributed by atoms with Crippen LogP contribution in [-0.4, -0.2) is 63.9 Å². The first-order valence-corrected chi connectivity index (χ1v) is 11.7. The number of aromatic nitrogens is 2. The van der Waals surface area contributed by atoms with Crippen LogP contribution < -0.4 is 0 Å². The first-order valence-electron chi connectivity index (χ1n) is 11.7. The largest absolute Gasteiger partial charge is 0.469 e. The summed E-state index contributed by atoms with van der Waals surface area (Å²) >= 11 is 0. The zero-order chi connectivity index (χ0) is 22.9. The van der Waals surface area contributed by atoms with Gasteiger partial charge in [0.05, 0.1) is 41.0 Å². The lowest BCUT2D eigenvalue weighted by molar-refractivity contribution is -0.150. The Morgan fingerprint density at radius 3 is 2.47 bits per heavy atom. The molecule has 2 aromatic rings. The molecule has 0 N–H and O–H groups in total. The number of nitrogens with zero attached hydrogens (tertiary/aromatic N) is 4. The van der Waals surface area contributed by atoms with Crippen LogP contribution in [0.15, 0.2) is 24.3 Å². The van der Waals surface area contributed by atoms with Gasteiger partial charge in [0, 0.05) is 32.6 Å². The second-order valence-corrected chi connectivity index (χ2v) is 9.63. The van der Waals surface area contributed by atoms with E-state index in [2.05, 4.69) is 18.7 Å². The third kappa shape index (κ3) is 4.22. The highest BCUT2D eigenvalue weighted by Crippen LogP contribution is 2.44. The standard InChI is InChI=1S/C25H34N4O3/c1-17(2)9-12-29-23(30)15-19(24(31)32-4)25(29)10-13-28(14-11-25)16-22-18(3)26-20-7-5-6-8-21(20)27-22/h5-8,17,19H,9-16H2,1-4H3. The van der Waals surface area contributed by atoms with Crippen LogP contribution >= 0.6 is 0 Å². The molecule has 1 aromatic heterocycles. The highest BCUT2D eigenvalue weighted by atomic mass is 16.5. The average Bonchev–Trinajstić information content (AvgIpc) is 3.04. The Labute approximate surface area is 190 Å². The Balaban J connectivity index is 1.52. The minimum absolute atomic E-state index is 0.0886. The number of esters is 1. The Bertz CT molecular complexity index is 998. The van der Waals surface area contributed by atoms with Gasteiger partial charge < -0.3 is 9.64 Å². The number of methoxy groups -OCH3 is 1. The number of amides is 1. The molecule has 7 nitrogen and oxygen atoms in total. The van der Waals surface area contributed by atoms with Crippen molar-refractivity contribution in [2.45, 2.75) is 58.5 Å². The number of para-hydroxylation sites is 2. The minimum atomic E-state index is -0.431. The van der Waals surface area contributed by atoms with E-state index in [4.69, 9.17) is 14.7 Å². The maximum Gasteiger partial charge on any atom is 0.311 e. The number of carbonyl (C=O) groups is 2. The SMILES string of the molecule is COC(=O)C1CC(=O)N(CCC(C)C)C12CCN(Cc1nc3ccccc3nc1C)CC2. The Kier molecular flexibility index (Phi) is 6.47. The molecule has 32 heavy (non-hydrogen) atoms. The summed E-state index contributed by atoms with van der Waals surface area (Å²) < 4.78 is 5.11. The Morgan fingerprint density at radius 1 is 1.19 bits per heavy atom. The van der Waals surface area contributed by atoms with Gasteiger partial charge in [0.15, 0.2) is 0 Å². The van der Waals surface area contributed by atoms with Gasteiger partial charge in [0.25, 0.3) is 0 Å². The van der Waals surface area contributed by atoms with E-state index in [1.54, 1.807) is 0 Å². The maximum absolute atomic E-state index is 12.9. The summed E-state index contributed by atoms with van der Waals surface area (Å²) in [5, 5.41) is 0. The molecule has 4 rings (SSSR count). The van der Waals surface area contributed by atoms with Crippen molar-refractivity contribution in [1.29, 1.82) is 0 Å². The van der Waals surface area contributed by atoms with Gasteiger partial charge in [-0.2, -0.15) is 0 Å². The van der Waals surface area contributed by atoms with E-state index in [9.17, 15) is 9.59 Å². The first-order chi connectivity index (χ1) is 15.3. The summed E-state index contributed by atoms with van der Waals surface area (Å²) in [7, 11) is 1.42. The number of benzene rings is 1. The van der Waals surface area contributed by atoms with Crippen LogP contribution in [0.3, 0.4) is 0 Å². The van der Waals surface area contributed by atoms with Crippen molar-refractivity contribution < 1.29 is 14.3 Å². The second-order valence-electron chi connectivity index (χ2n) is 9.63. The summed E-state index contributed by atoms with van der Waals surface area (Å²) in [5.74, 6) is -0.0381. The highest BCUT2D eigenvalue weighted by Gasteiger charge is 2.56. The summed E-state index contributed by atoms with van der Waals surface area (Å²) in [4.78, 5) is 39.5. The van der Waals surface area contributed by atoms with Crippen LogP contribution in [-0.2, 0) is 20.9 Å². The predicted molar refractivity (Wildman–Crippen MR) is 123 cm³/mol. The van der Waals surface area contributed by atoms with Crippen molar-refractivity contribution in [2.24, 2.45) is 11.8 Å². The molecule has 0 radical (unpaired) electrons. The van der Waals surface area contributed by atoms with Crippen molar-refractivity contribution in [3.8, 4) is 0 Å². The number of hydrogen-bond acceptors (Lipinski definition) is 6. The number of likely N-dealkylation sites (tertiary alicyclic amines) is 2. The smallest absolute Gasteiger partial charge is 0.311 e. The zero-order valence-corrected chi connectivity index (χ0v) is 19.6. The van der Waals surface area contributed by atoms with Gasteiger partial charge in [-0.3, -0.25) is 14.5 Å². The van der Waals surface area contributed by atoms with E-state index in [0.29, 0.717) is 12.5 Å². The number of carbonyl (C=O) groups excluding carboxylic acids is 2. The number of piperidine rings is 1. The molecule has 2 aliphatic heterocycles. The molecule has 0 bridgehead atoms. The lowest BCUT2D eigenvalue weighted by Crippen LogP contribution is -2.57. The number of ether oxygens (including phenoxy) is 1. The van der Waals surface area contributed by atoms with Gasteiger partial charge in [-0.25, -0.2) is 9.97 Å².